The molecule has 0 fully saturated rings. The fourth-order valence-electron chi connectivity index (χ4n) is 4.14. The molecule has 0 radical (unpaired) electrons. The minimum atomic E-state index is -0.253. The maximum absolute atomic E-state index is 12.6. The van der Waals surface area contributed by atoms with E-state index in [1.165, 1.54) is 11.3 Å². The summed E-state index contributed by atoms with van der Waals surface area (Å²) in [5.41, 5.74) is 5.20. The molecular formula is C26H22INO3. The fourth-order valence-corrected chi connectivity index (χ4v) is 4.50. The van der Waals surface area contributed by atoms with Gasteiger partial charge >= 0.3 is 5.97 Å². The molecule has 0 aliphatic heterocycles. The van der Waals surface area contributed by atoms with E-state index >= 15 is 0 Å². The average molecular weight is 523 g/mol. The van der Waals surface area contributed by atoms with Crippen LogP contribution in [-0.2, 0) is 24.2 Å². The first-order chi connectivity index (χ1) is 15.2. The molecule has 31 heavy (non-hydrogen) atoms. The van der Waals surface area contributed by atoms with Crippen molar-refractivity contribution in [3.05, 3.63) is 98.8 Å². The Balaban J connectivity index is 1.34. The van der Waals surface area contributed by atoms with Gasteiger partial charge in [-0.05, 0) is 76.9 Å². The van der Waals surface area contributed by atoms with E-state index in [-0.39, 0.29) is 12.1 Å². The van der Waals surface area contributed by atoms with Gasteiger partial charge in [-0.25, -0.2) is 4.79 Å². The van der Waals surface area contributed by atoms with Crippen LogP contribution in [0.5, 0.6) is 5.75 Å². The van der Waals surface area contributed by atoms with Crippen LogP contribution in [0.3, 0.4) is 0 Å². The third-order valence-corrected chi connectivity index (χ3v) is 6.45. The molecule has 156 valence electrons. The number of nitrogens with one attached hydrogen (secondary N) is 1. The number of aromatic amines is 1. The van der Waals surface area contributed by atoms with Gasteiger partial charge in [0.25, 0.3) is 0 Å². The van der Waals surface area contributed by atoms with Crippen LogP contribution in [0.15, 0.2) is 72.8 Å². The minimum absolute atomic E-state index is 0.118. The molecule has 5 heteroatoms. The number of hydrogen-bond acceptors (Lipinski definition) is 3. The van der Waals surface area contributed by atoms with Gasteiger partial charge in [0.2, 0.25) is 0 Å². The largest absolute Gasteiger partial charge is 0.487 e. The predicted octanol–water partition coefficient (Wildman–Crippen LogP) is 6.07. The summed E-state index contributed by atoms with van der Waals surface area (Å²) in [4.78, 5) is 16.1. The molecule has 4 nitrogen and oxygen atoms in total. The number of aryl methyl sites for hydroxylation is 1. The standard InChI is InChI=1S/C26H22INO3/c27-19-11-9-18(10-12-19)26(29)31-20-13-14-23-22(15-20)21-7-4-8-24(25(21)28-23)30-16-17-5-2-1-3-6-17/h1-12,20,28H,13-16H2. The van der Waals surface area contributed by atoms with Crippen molar-refractivity contribution >= 4 is 39.5 Å². The first kappa shape index (κ1) is 20.1. The Kier molecular flexibility index (Phi) is 5.68. The minimum Gasteiger partial charge on any atom is -0.487 e. The van der Waals surface area contributed by atoms with E-state index in [0.29, 0.717) is 18.6 Å². The van der Waals surface area contributed by atoms with Gasteiger partial charge in [0.15, 0.2) is 0 Å². The maximum Gasteiger partial charge on any atom is 0.338 e. The number of para-hydroxylation sites is 1. The van der Waals surface area contributed by atoms with E-state index in [1.54, 1.807) is 0 Å². The molecule has 0 saturated carbocycles. The summed E-state index contributed by atoms with van der Waals surface area (Å²) in [7, 11) is 0. The normalized spacial score (nSPS) is 15.5. The van der Waals surface area contributed by atoms with E-state index in [9.17, 15) is 4.79 Å². The van der Waals surface area contributed by atoms with Crippen molar-refractivity contribution in [2.45, 2.75) is 32.0 Å². The number of aromatic nitrogens is 1. The van der Waals surface area contributed by atoms with Crippen LogP contribution in [0, 0.1) is 3.57 Å². The van der Waals surface area contributed by atoms with Crippen LogP contribution in [0.25, 0.3) is 10.9 Å². The van der Waals surface area contributed by atoms with Crippen LogP contribution in [0.1, 0.15) is 33.6 Å². The summed E-state index contributed by atoms with van der Waals surface area (Å²) in [6, 6.07) is 23.8. The Morgan fingerprint density at radius 1 is 1.00 bits per heavy atom. The molecule has 0 spiro atoms. The highest BCUT2D eigenvalue weighted by molar-refractivity contribution is 14.1. The molecular weight excluding hydrogens is 501 g/mol. The van der Waals surface area contributed by atoms with Crippen molar-refractivity contribution in [3.63, 3.8) is 0 Å². The highest BCUT2D eigenvalue weighted by atomic mass is 127. The van der Waals surface area contributed by atoms with Gasteiger partial charge in [-0.3, -0.25) is 0 Å². The van der Waals surface area contributed by atoms with Gasteiger partial charge in [0.05, 0.1) is 11.1 Å². The van der Waals surface area contributed by atoms with Crippen LogP contribution in [0.2, 0.25) is 0 Å². The second-order valence-corrected chi connectivity index (χ2v) is 9.06. The molecule has 1 N–H and O–H groups in total. The molecule has 1 atom stereocenters. The molecule has 0 bridgehead atoms. The van der Waals surface area contributed by atoms with Gasteiger partial charge in [0, 0.05) is 21.1 Å². The third kappa shape index (κ3) is 4.32. The van der Waals surface area contributed by atoms with Crippen molar-refractivity contribution in [2.75, 3.05) is 0 Å². The van der Waals surface area contributed by atoms with E-state index in [1.807, 2.05) is 54.6 Å². The highest BCUT2D eigenvalue weighted by Crippen LogP contribution is 2.35. The quantitative estimate of drug-likeness (QED) is 0.256. The second kappa shape index (κ2) is 8.75. The zero-order valence-corrected chi connectivity index (χ0v) is 19.1. The Bertz CT molecular complexity index is 1210. The number of carbonyl (C=O) groups excluding carboxylic acids is 1. The lowest BCUT2D eigenvalue weighted by Gasteiger charge is -2.22. The van der Waals surface area contributed by atoms with Gasteiger partial charge in [-0.1, -0.05) is 42.5 Å². The number of rotatable bonds is 5. The molecule has 1 aliphatic carbocycles. The first-order valence-electron chi connectivity index (χ1n) is 10.4. The van der Waals surface area contributed by atoms with E-state index in [4.69, 9.17) is 9.47 Å². The molecule has 3 aromatic carbocycles. The number of hydrogen-bond donors (Lipinski definition) is 1. The Morgan fingerprint density at radius 2 is 1.81 bits per heavy atom. The smallest absolute Gasteiger partial charge is 0.338 e. The SMILES string of the molecule is O=C(OC1CCc2[nH]c3c(OCc4ccccc4)cccc3c2C1)c1ccc(I)cc1. The van der Waals surface area contributed by atoms with E-state index in [0.717, 1.165) is 38.6 Å². The van der Waals surface area contributed by atoms with Crippen molar-refractivity contribution in [2.24, 2.45) is 0 Å². The Labute approximate surface area is 194 Å². The first-order valence-corrected chi connectivity index (χ1v) is 11.5. The number of halogens is 1. The molecule has 0 saturated heterocycles. The van der Waals surface area contributed by atoms with E-state index < -0.39 is 0 Å². The van der Waals surface area contributed by atoms with Gasteiger partial charge in [0.1, 0.15) is 18.5 Å². The number of H-pyrrole nitrogens is 1. The van der Waals surface area contributed by atoms with Crippen LogP contribution >= 0.6 is 22.6 Å². The molecule has 0 amide bonds. The lowest BCUT2D eigenvalue weighted by Crippen LogP contribution is -2.25. The van der Waals surface area contributed by atoms with Gasteiger partial charge in [-0.15, -0.1) is 0 Å². The van der Waals surface area contributed by atoms with Gasteiger partial charge in [-0.2, -0.15) is 0 Å². The zero-order chi connectivity index (χ0) is 21.2. The molecule has 1 aliphatic rings. The summed E-state index contributed by atoms with van der Waals surface area (Å²) in [6.07, 6.45) is 2.27. The Hall–Kier alpha value is -2.80. The number of carbonyl (C=O) groups is 1. The zero-order valence-electron chi connectivity index (χ0n) is 16.9. The van der Waals surface area contributed by atoms with Crippen molar-refractivity contribution in [1.82, 2.24) is 4.98 Å². The van der Waals surface area contributed by atoms with Gasteiger partial charge < -0.3 is 14.5 Å². The lowest BCUT2D eigenvalue weighted by atomic mass is 9.93. The van der Waals surface area contributed by atoms with Crippen molar-refractivity contribution < 1.29 is 14.3 Å². The van der Waals surface area contributed by atoms with E-state index in [2.05, 4.69) is 45.8 Å². The maximum atomic E-state index is 12.6. The number of ether oxygens (including phenoxy) is 2. The molecule has 1 unspecified atom stereocenters. The monoisotopic (exact) mass is 523 g/mol. The summed E-state index contributed by atoms with van der Waals surface area (Å²) < 4.78 is 13.1. The Morgan fingerprint density at radius 3 is 2.61 bits per heavy atom. The van der Waals surface area contributed by atoms with Crippen LogP contribution in [0.4, 0.5) is 0 Å². The topological polar surface area (TPSA) is 51.3 Å². The average Bonchev–Trinajstić information content (AvgIpc) is 3.17. The second-order valence-electron chi connectivity index (χ2n) is 7.81. The number of benzene rings is 3. The summed E-state index contributed by atoms with van der Waals surface area (Å²) >= 11 is 2.23. The third-order valence-electron chi connectivity index (χ3n) is 5.73. The summed E-state index contributed by atoms with van der Waals surface area (Å²) in [5, 5.41) is 1.15. The van der Waals surface area contributed by atoms with Crippen LogP contribution < -0.4 is 4.74 Å². The number of esters is 1. The highest BCUT2D eigenvalue weighted by Gasteiger charge is 2.26. The van der Waals surface area contributed by atoms with Crippen molar-refractivity contribution in [1.29, 1.82) is 0 Å². The molecule has 1 aromatic heterocycles. The molecule has 5 rings (SSSR count). The molecule has 1 heterocycles. The summed E-state index contributed by atoms with van der Waals surface area (Å²) in [5.74, 6) is 0.597. The lowest BCUT2D eigenvalue weighted by molar-refractivity contribution is 0.0271. The van der Waals surface area contributed by atoms with Crippen molar-refractivity contribution in [3.8, 4) is 5.75 Å². The predicted molar refractivity (Wildman–Crippen MR) is 129 cm³/mol. The molecule has 4 aromatic rings. The van der Waals surface area contributed by atoms with Crippen LogP contribution in [-0.4, -0.2) is 17.1 Å². The number of fused-ring (bicyclic) bond motifs is 3. The summed E-state index contributed by atoms with van der Waals surface area (Å²) in [6.45, 7) is 0.528. The fraction of sp³-hybridized carbons (Fsp3) is 0.192.